The summed E-state index contributed by atoms with van der Waals surface area (Å²) in [6.45, 7) is 7.45. The summed E-state index contributed by atoms with van der Waals surface area (Å²) in [7, 11) is 2.24. The van der Waals surface area contributed by atoms with Crippen LogP contribution in [0.3, 0.4) is 0 Å². The van der Waals surface area contributed by atoms with E-state index in [0.29, 0.717) is 12.1 Å². The summed E-state index contributed by atoms with van der Waals surface area (Å²) in [4.78, 5) is 5.11. The molecule has 0 saturated carbocycles. The fourth-order valence-corrected chi connectivity index (χ4v) is 3.29. The van der Waals surface area contributed by atoms with Crippen molar-refractivity contribution in [3.8, 4) is 0 Å². The summed E-state index contributed by atoms with van der Waals surface area (Å²) in [6, 6.07) is 1.15. The van der Waals surface area contributed by atoms with Crippen molar-refractivity contribution in [2.45, 2.75) is 51.1 Å². The topological polar surface area (TPSA) is 32.5 Å². The second-order valence-corrected chi connectivity index (χ2v) is 6.20. The van der Waals surface area contributed by atoms with Crippen molar-refractivity contribution in [3.63, 3.8) is 0 Å². The van der Waals surface area contributed by atoms with Crippen molar-refractivity contribution in [1.82, 2.24) is 9.80 Å². The smallest absolute Gasteiger partial charge is 0.00816 e. The predicted molar refractivity (Wildman–Crippen MR) is 73.1 cm³/mol. The fourth-order valence-electron chi connectivity index (χ4n) is 3.29. The number of hydrogen-bond acceptors (Lipinski definition) is 3. The van der Waals surface area contributed by atoms with Gasteiger partial charge < -0.3 is 15.5 Å². The van der Waals surface area contributed by atoms with Crippen LogP contribution in [0.5, 0.6) is 0 Å². The number of rotatable bonds is 3. The highest BCUT2D eigenvalue weighted by Crippen LogP contribution is 2.22. The molecule has 2 aliphatic rings. The molecule has 2 saturated heterocycles. The molecule has 0 aromatic heterocycles. The van der Waals surface area contributed by atoms with E-state index in [-0.39, 0.29) is 0 Å². The van der Waals surface area contributed by atoms with Crippen LogP contribution in [0.2, 0.25) is 0 Å². The number of nitrogens with zero attached hydrogens (tertiary/aromatic N) is 2. The quantitative estimate of drug-likeness (QED) is 0.811. The second-order valence-electron chi connectivity index (χ2n) is 6.20. The van der Waals surface area contributed by atoms with E-state index < -0.39 is 0 Å². The highest BCUT2D eigenvalue weighted by atomic mass is 15.2. The molecule has 0 aliphatic carbocycles. The van der Waals surface area contributed by atoms with Crippen LogP contribution in [0.15, 0.2) is 0 Å². The molecular weight excluding hydrogens is 210 g/mol. The number of likely N-dealkylation sites (tertiary alicyclic amines) is 2. The Morgan fingerprint density at radius 3 is 2.47 bits per heavy atom. The molecule has 3 nitrogen and oxygen atoms in total. The standard InChI is InChI=1S/C14H29N3/c1-12-11-14(15)6-10-17(12)9-5-13-3-7-16(2)8-4-13/h12-14H,3-11,15H2,1-2H3. The van der Waals surface area contributed by atoms with Gasteiger partial charge in [0.1, 0.15) is 0 Å². The normalized spacial score (nSPS) is 34.1. The fraction of sp³-hybridized carbons (Fsp3) is 1.00. The van der Waals surface area contributed by atoms with E-state index in [1.807, 2.05) is 0 Å². The van der Waals surface area contributed by atoms with Gasteiger partial charge in [-0.2, -0.15) is 0 Å². The Bertz CT molecular complexity index is 224. The Kier molecular flexibility index (Phi) is 4.83. The molecule has 2 unspecified atom stereocenters. The molecule has 0 amide bonds. The second kappa shape index (κ2) is 6.17. The van der Waals surface area contributed by atoms with Gasteiger partial charge in [0.15, 0.2) is 0 Å². The minimum Gasteiger partial charge on any atom is -0.328 e. The van der Waals surface area contributed by atoms with Crippen LogP contribution in [0.25, 0.3) is 0 Å². The van der Waals surface area contributed by atoms with Crippen molar-refractivity contribution in [1.29, 1.82) is 0 Å². The lowest BCUT2D eigenvalue weighted by Gasteiger charge is -2.38. The van der Waals surface area contributed by atoms with Crippen molar-refractivity contribution in [3.05, 3.63) is 0 Å². The predicted octanol–water partition coefficient (Wildman–Crippen LogP) is 1.53. The zero-order valence-electron chi connectivity index (χ0n) is 11.6. The van der Waals surface area contributed by atoms with Gasteiger partial charge in [-0.25, -0.2) is 0 Å². The van der Waals surface area contributed by atoms with Crippen molar-refractivity contribution >= 4 is 0 Å². The van der Waals surface area contributed by atoms with Crippen LogP contribution in [-0.4, -0.2) is 55.1 Å². The Morgan fingerprint density at radius 2 is 1.82 bits per heavy atom. The molecule has 0 aromatic rings. The average Bonchev–Trinajstić information content (AvgIpc) is 2.30. The maximum atomic E-state index is 6.01. The van der Waals surface area contributed by atoms with E-state index in [1.165, 1.54) is 58.3 Å². The van der Waals surface area contributed by atoms with Crippen molar-refractivity contribution in [2.24, 2.45) is 11.7 Å². The first-order valence-electron chi connectivity index (χ1n) is 7.33. The lowest BCUT2D eigenvalue weighted by atomic mass is 9.92. The van der Waals surface area contributed by atoms with Crippen LogP contribution in [-0.2, 0) is 0 Å². The summed E-state index contributed by atoms with van der Waals surface area (Å²) < 4.78 is 0. The third kappa shape index (κ3) is 3.94. The molecule has 2 atom stereocenters. The highest BCUT2D eigenvalue weighted by Gasteiger charge is 2.24. The molecule has 2 fully saturated rings. The Balaban J connectivity index is 1.67. The maximum absolute atomic E-state index is 6.01. The Labute approximate surface area is 106 Å². The van der Waals surface area contributed by atoms with Crippen LogP contribution in [0.4, 0.5) is 0 Å². The molecule has 2 heterocycles. The van der Waals surface area contributed by atoms with E-state index in [1.54, 1.807) is 0 Å². The van der Waals surface area contributed by atoms with Gasteiger partial charge in [-0.15, -0.1) is 0 Å². The van der Waals surface area contributed by atoms with Crippen LogP contribution in [0.1, 0.15) is 39.0 Å². The molecule has 2 N–H and O–H groups in total. The van der Waals surface area contributed by atoms with E-state index >= 15 is 0 Å². The lowest BCUT2D eigenvalue weighted by Crippen LogP contribution is -2.46. The Morgan fingerprint density at radius 1 is 1.12 bits per heavy atom. The number of nitrogens with two attached hydrogens (primary N) is 1. The maximum Gasteiger partial charge on any atom is 0.00816 e. The van der Waals surface area contributed by atoms with Gasteiger partial charge in [0.05, 0.1) is 0 Å². The van der Waals surface area contributed by atoms with Gasteiger partial charge in [0.25, 0.3) is 0 Å². The summed E-state index contributed by atoms with van der Waals surface area (Å²) in [5, 5.41) is 0. The SMILES string of the molecule is CC1CC(N)CCN1CCC1CCN(C)CC1. The highest BCUT2D eigenvalue weighted by molar-refractivity contribution is 4.81. The van der Waals surface area contributed by atoms with E-state index in [4.69, 9.17) is 5.73 Å². The van der Waals surface area contributed by atoms with Gasteiger partial charge in [-0.3, -0.25) is 0 Å². The van der Waals surface area contributed by atoms with Crippen molar-refractivity contribution in [2.75, 3.05) is 33.2 Å². The van der Waals surface area contributed by atoms with E-state index in [9.17, 15) is 0 Å². The number of hydrogen-bond donors (Lipinski definition) is 1. The summed E-state index contributed by atoms with van der Waals surface area (Å²) in [5.41, 5.74) is 6.01. The van der Waals surface area contributed by atoms with Crippen LogP contribution in [0, 0.1) is 5.92 Å². The lowest BCUT2D eigenvalue weighted by molar-refractivity contribution is 0.126. The molecule has 0 spiro atoms. The van der Waals surface area contributed by atoms with Gasteiger partial charge in [0, 0.05) is 12.1 Å². The molecule has 2 aliphatic heterocycles. The Hall–Kier alpha value is -0.120. The first-order chi connectivity index (χ1) is 8.15. The minimum atomic E-state index is 0.449. The first-order valence-corrected chi connectivity index (χ1v) is 7.33. The summed E-state index contributed by atoms with van der Waals surface area (Å²) in [6.07, 6.45) is 6.58. The first kappa shape index (κ1) is 13.3. The molecule has 17 heavy (non-hydrogen) atoms. The minimum absolute atomic E-state index is 0.449. The molecule has 0 bridgehead atoms. The van der Waals surface area contributed by atoms with Crippen LogP contribution >= 0.6 is 0 Å². The van der Waals surface area contributed by atoms with Gasteiger partial charge >= 0.3 is 0 Å². The van der Waals surface area contributed by atoms with Gasteiger partial charge in [-0.1, -0.05) is 0 Å². The zero-order valence-corrected chi connectivity index (χ0v) is 11.6. The van der Waals surface area contributed by atoms with Gasteiger partial charge in [0.2, 0.25) is 0 Å². The average molecular weight is 239 g/mol. The van der Waals surface area contributed by atoms with Crippen LogP contribution < -0.4 is 5.73 Å². The number of piperidine rings is 2. The molecule has 2 rings (SSSR count). The van der Waals surface area contributed by atoms with Gasteiger partial charge in [-0.05, 0) is 78.2 Å². The van der Waals surface area contributed by atoms with E-state index in [0.717, 1.165) is 5.92 Å². The van der Waals surface area contributed by atoms with E-state index in [2.05, 4.69) is 23.8 Å². The molecule has 100 valence electrons. The molecule has 3 heteroatoms. The van der Waals surface area contributed by atoms with Crippen molar-refractivity contribution < 1.29 is 0 Å². The monoisotopic (exact) mass is 239 g/mol. The molecule has 0 radical (unpaired) electrons. The molecular formula is C14H29N3. The summed E-state index contributed by atoms with van der Waals surface area (Å²) >= 11 is 0. The largest absolute Gasteiger partial charge is 0.328 e. The summed E-state index contributed by atoms with van der Waals surface area (Å²) in [5.74, 6) is 0.967. The molecule has 0 aromatic carbocycles. The zero-order chi connectivity index (χ0) is 12.3. The third-order valence-corrected chi connectivity index (χ3v) is 4.72. The third-order valence-electron chi connectivity index (χ3n) is 4.72.